The molecular formula is C21H23F3N2O2. The molecule has 3 rings (SSSR count). The predicted molar refractivity (Wildman–Crippen MR) is 104 cm³/mol. The van der Waals surface area contributed by atoms with Gasteiger partial charge in [0.1, 0.15) is 11.5 Å². The van der Waals surface area contributed by atoms with Crippen LogP contribution in [0.3, 0.4) is 0 Å². The van der Waals surface area contributed by atoms with Crippen molar-refractivity contribution in [1.82, 2.24) is 4.98 Å². The number of nitrogens with one attached hydrogen (secondary N) is 1. The van der Waals surface area contributed by atoms with Gasteiger partial charge in [0.05, 0.1) is 12.8 Å². The Morgan fingerprint density at radius 3 is 2.57 bits per heavy atom. The average molecular weight is 392 g/mol. The second-order valence-electron chi connectivity index (χ2n) is 6.64. The van der Waals surface area contributed by atoms with Gasteiger partial charge in [0, 0.05) is 16.5 Å². The molecule has 0 radical (unpaired) electrons. The maximum atomic E-state index is 12.6. The van der Waals surface area contributed by atoms with E-state index in [1.807, 2.05) is 25.1 Å². The Morgan fingerprint density at radius 1 is 1.11 bits per heavy atom. The Kier molecular flexibility index (Phi) is 5.84. The number of unbranched alkanes of at least 4 members (excludes halogenated alkanes) is 1. The lowest BCUT2D eigenvalue weighted by Gasteiger charge is -2.12. The zero-order valence-electron chi connectivity index (χ0n) is 15.8. The summed E-state index contributed by atoms with van der Waals surface area (Å²) in [6.07, 6.45) is -2.39. The van der Waals surface area contributed by atoms with Gasteiger partial charge in [-0.1, -0.05) is 12.1 Å². The molecule has 7 heteroatoms. The van der Waals surface area contributed by atoms with Gasteiger partial charge in [0.15, 0.2) is 0 Å². The molecule has 2 aromatic carbocycles. The number of aryl methyl sites for hydroxylation is 2. The first kappa shape index (κ1) is 20.1. The van der Waals surface area contributed by atoms with Crippen LogP contribution in [0, 0.1) is 6.92 Å². The Labute approximate surface area is 161 Å². The highest BCUT2D eigenvalue weighted by Crippen LogP contribution is 2.39. The lowest BCUT2D eigenvalue weighted by Crippen LogP contribution is -2.16. The van der Waals surface area contributed by atoms with Gasteiger partial charge in [-0.15, -0.1) is 13.2 Å². The highest BCUT2D eigenvalue weighted by atomic mass is 19.4. The summed E-state index contributed by atoms with van der Waals surface area (Å²) in [5, 5.41) is 0.706. The van der Waals surface area contributed by atoms with Gasteiger partial charge >= 0.3 is 6.36 Å². The van der Waals surface area contributed by atoms with E-state index >= 15 is 0 Å². The Bertz CT molecular complexity index is 964. The first-order chi connectivity index (χ1) is 13.3. The normalized spacial score (nSPS) is 11.8. The molecule has 0 amide bonds. The number of nitrogens with two attached hydrogens (primary N) is 1. The average Bonchev–Trinajstić information content (AvgIpc) is 2.98. The molecule has 0 unspecified atom stereocenters. The molecule has 0 bridgehead atoms. The number of alkyl halides is 3. The number of rotatable bonds is 7. The third-order valence-electron chi connectivity index (χ3n) is 4.68. The van der Waals surface area contributed by atoms with Gasteiger partial charge < -0.3 is 20.2 Å². The Hall–Kier alpha value is -2.67. The molecule has 0 saturated heterocycles. The zero-order chi connectivity index (χ0) is 20.3. The van der Waals surface area contributed by atoms with E-state index in [9.17, 15) is 13.2 Å². The molecule has 4 nitrogen and oxygen atoms in total. The second kappa shape index (κ2) is 8.14. The standard InChI is InChI=1S/C21H23F3N2O2/c1-13-6-5-8-16(20(13)27-2)19-15(7-3-4-11-25)17-12-14(28-21(22,23)24)9-10-18(17)26-19/h5-6,8-10,12,26H,3-4,7,11,25H2,1-2H3. The second-order valence-corrected chi connectivity index (χ2v) is 6.64. The summed E-state index contributed by atoms with van der Waals surface area (Å²) in [6.45, 7) is 2.52. The molecule has 0 aliphatic heterocycles. The van der Waals surface area contributed by atoms with E-state index in [1.165, 1.54) is 12.1 Å². The topological polar surface area (TPSA) is 60.3 Å². The van der Waals surface area contributed by atoms with E-state index < -0.39 is 6.36 Å². The smallest absolute Gasteiger partial charge is 0.496 e. The molecule has 3 N–H and O–H groups in total. The van der Waals surface area contributed by atoms with Crippen LogP contribution >= 0.6 is 0 Å². The van der Waals surface area contributed by atoms with Crippen LogP contribution in [-0.4, -0.2) is 25.0 Å². The van der Waals surface area contributed by atoms with Crippen LogP contribution in [0.2, 0.25) is 0 Å². The number of ether oxygens (including phenoxy) is 2. The van der Waals surface area contributed by atoms with Crippen LogP contribution in [0.15, 0.2) is 36.4 Å². The molecule has 0 aliphatic carbocycles. The van der Waals surface area contributed by atoms with Crippen LogP contribution in [0.25, 0.3) is 22.2 Å². The highest BCUT2D eigenvalue weighted by Gasteiger charge is 2.31. The van der Waals surface area contributed by atoms with Gasteiger partial charge in [-0.3, -0.25) is 0 Å². The SMILES string of the molecule is COc1c(C)cccc1-c1[nH]c2ccc(OC(F)(F)F)cc2c1CCCCN. The third-order valence-corrected chi connectivity index (χ3v) is 4.68. The molecule has 150 valence electrons. The molecule has 3 aromatic rings. The third kappa shape index (κ3) is 4.25. The van der Waals surface area contributed by atoms with Crippen molar-refractivity contribution in [1.29, 1.82) is 0 Å². The van der Waals surface area contributed by atoms with Crippen molar-refractivity contribution >= 4 is 10.9 Å². The minimum absolute atomic E-state index is 0.234. The van der Waals surface area contributed by atoms with Crippen molar-refractivity contribution in [2.24, 2.45) is 5.73 Å². The van der Waals surface area contributed by atoms with Crippen LogP contribution in [0.1, 0.15) is 24.0 Å². The van der Waals surface area contributed by atoms with Gasteiger partial charge in [0.25, 0.3) is 0 Å². The largest absolute Gasteiger partial charge is 0.573 e. The number of aromatic amines is 1. The monoisotopic (exact) mass is 392 g/mol. The fourth-order valence-corrected chi connectivity index (χ4v) is 3.48. The minimum atomic E-state index is -4.73. The molecule has 28 heavy (non-hydrogen) atoms. The van der Waals surface area contributed by atoms with E-state index in [-0.39, 0.29) is 5.75 Å². The molecule has 0 atom stereocenters. The van der Waals surface area contributed by atoms with E-state index in [4.69, 9.17) is 10.5 Å². The van der Waals surface area contributed by atoms with E-state index in [0.29, 0.717) is 18.4 Å². The van der Waals surface area contributed by atoms with Crippen molar-refractivity contribution in [3.63, 3.8) is 0 Å². The van der Waals surface area contributed by atoms with Gasteiger partial charge in [-0.05, 0) is 68.1 Å². The van der Waals surface area contributed by atoms with Crippen LogP contribution in [0.5, 0.6) is 11.5 Å². The lowest BCUT2D eigenvalue weighted by atomic mass is 9.98. The number of hydrogen-bond acceptors (Lipinski definition) is 3. The highest BCUT2D eigenvalue weighted by molar-refractivity contribution is 5.93. The van der Waals surface area contributed by atoms with E-state index in [2.05, 4.69) is 9.72 Å². The van der Waals surface area contributed by atoms with Crippen LogP contribution in [0.4, 0.5) is 13.2 Å². The summed E-state index contributed by atoms with van der Waals surface area (Å²) < 4.78 is 47.6. The predicted octanol–water partition coefficient (Wildman–Crippen LogP) is 5.33. The van der Waals surface area contributed by atoms with Gasteiger partial charge in [0.2, 0.25) is 0 Å². The number of halogens is 3. The molecule has 0 aliphatic rings. The summed E-state index contributed by atoms with van der Waals surface area (Å²) in [5.41, 5.74) is 9.99. The van der Waals surface area contributed by atoms with Crippen molar-refractivity contribution < 1.29 is 22.6 Å². The van der Waals surface area contributed by atoms with Crippen LogP contribution in [-0.2, 0) is 6.42 Å². The number of hydrogen-bond donors (Lipinski definition) is 2. The summed E-state index contributed by atoms with van der Waals surface area (Å²) in [5.74, 6) is 0.503. The molecule has 1 heterocycles. The maximum Gasteiger partial charge on any atom is 0.573 e. The number of H-pyrrole nitrogens is 1. The molecule has 0 spiro atoms. The molecular weight excluding hydrogens is 369 g/mol. The minimum Gasteiger partial charge on any atom is -0.496 e. The fraction of sp³-hybridized carbons (Fsp3) is 0.333. The van der Waals surface area contributed by atoms with Crippen molar-refractivity contribution in [2.45, 2.75) is 32.5 Å². The first-order valence-electron chi connectivity index (χ1n) is 9.08. The first-order valence-corrected chi connectivity index (χ1v) is 9.08. The Morgan fingerprint density at radius 2 is 1.89 bits per heavy atom. The maximum absolute atomic E-state index is 12.6. The number of aromatic nitrogens is 1. The van der Waals surface area contributed by atoms with Crippen molar-refractivity contribution in [2.75, 3.05) is 13.7 Å². The van der Waals surface area contributed by atoms with E-state index in [0.717, 1.165) is 46.5 Å². The summed E-state index contributed by atoms with van der Waals surface area (Å²) in [7, 11) is 1.61. The van der Waals surface area contributed by atoms with Gasteiger partial charge in [-0.2, -0.15) is 0 Å². The van der Waals surface area contributed by atoms with Gasteiger partial charge in [-0.25, -0.2) is 0 Å². The number of methoxy groups -OCH3 is 1. The number of para-hydroxylation sites is 1. The molecule has 0 saturated carbocycles. The van der Waals surface area contributed by atoms with Crippen molar-refractivity contribution in [3.8, 4) is 22.8 Å². The number of benzene rings is 2. The fourth-order valence-electron chi connectivity index (χ4n) is 3.48. The number of fused-ring (bicyclic) bond motifs is 1. The zero-order valence-corrected chi connectivity index (χ0v) is 15.8. The lowest BCUT2D eigenvalue weighted by molar-refractivity contribution is -0.274. The summed E-state index contributed by atoms with van der Waals surface area (Å²) >= 11 is 0. The van der Waals surface area contributed by atoms with Crippen molar-refractivity contribution in [3.05, 3.63) is 47.5 Å². The summed E-state index contributed by atoms with van der Waals surface area (Å²) in [4.78, 5) is 3.35. The quantitative estimate of drug-likeness (QED) is 0.534. The molecule has 0 fully saturated rings. The van der Waals surface area contributed by atoms with Crippen LogP contribution < -0.4 is 15.2 Å². The van der Waals surface area contributed by atoms with E-state index in [1.54, 1.807) is 13.2 Å². The Balaban J connectivity index is 2.16. The summed E-state index contributed by atoms with van der Waals surface area (Å²) in [6, 6.07) is 10.2. The molecule has 1 aromatic heterocycles.